The van der Waals surface area contributed by atoms with Gasteiger partial charge in [0.1, 0.15) is 5.75 Å². The van der Waals surface area contributed by atoms with E-state index in [1.54, 1.807) is 11.1 Å². The number of hydrogen-bond donors (Lipinski definition) is 0. The first-order chi connectivity index (χ1) is 9.75. The van der Waals surface area contributed by atoms with Crippen LogP contribution < -0.4 is 4.74 Å². The smallest absolute Gasteiger partial charge is 0.122 e. The molecule has 2 aromatic carbocycles. The maximum absolute atomic E-state index is 5.41. The van der Waals surface area contributed by atoms with Gasteiger partial charge in [-0.05, 0) is 36.0 Å². The average molecular weight is 266 g/mol. The first kappa shape index (κ1) is 13.2. The minimum atomic E-state index is 0.580. The van der Waals surface area contributed by atoms with Gasteiger partial charge in [-0.2, -0.15) is 0 Å². The van der Waals surface area contributed by atoms with Crippen molar-refractivity contribution >= 4 is 0 Å². The van der Waals surface area contributed by atoms with Crippen molar-refractivity contribution in [2.45, 2.75) is 38.5 Å². The molecular formula is C19H22O. The fraction of sp³-hybridized carbons (Fsp3) is 0.368. The zero-order chi connectivity index (χ0) is 13.9. The lowest BCUT2D eigenvalue weighted by atomic mass is 10.0. The van der Waals surface area contributed by atoms with Crippen molar-refractivity contribution in [3.63, 3.8) is 0 Å². The quantitative estimate of drug-likeness (QED) is 0.657. The standard InChI is InChI=1S/C10H12.C9H10O/c1-8-6-7-9-4-2-3-5-10(8)9;1-7-6-10-9-5-3-2-4-8(7)9/h2-5,8H,6-7H2,1H3;2-5,7H,6H2,1H3. The topological polar surface area (TPSA) is 9.23 Å². The number of ether oxygens (including phenoxy) is 1. The molecule has 0 saturated carbocycles. The van der Waals surface area contributed by atoms with Crippen LogP contribution in [-0.2, 0) is 6.42 Å². The molecule has 0 spiro atoms. The van der Waals surface area contributed by atoms with E-state index in [-0.39, 0.29) is 0 Å². The summed E-state index contributed by atoms with van der Waals surface area (Å²) in [5.41, 5.74) is 4.49. The molecule has 20 heavy (non-hydrogen) atoms. The van der Waals surface area contributed by atoms with Crippen molar-refractivity contribution in [2.24, 2.45) is 0 Å². The molecule has 0 saturated heterocycles. The Bertz CT molecular complexity index is 534. The van der Waals surface area contributed by atoms with E-state index in [0.717, 1.165) is 18.3 Å². The molecule has 0 radical (unpaired) electrons. The predicted octanol–water partition coefficient (Wildman–Crippen LogP) is 4.92. The van der Waals surface area contributed by atoms with Gasteiger partial charge in [0.05, 0.1) is 6.61 Å². The predicted molar refractivity (Wildman–Crippen MR) is 83.5 cm³/mol. The van der Waals surface area contributed by atoms with E-state index in [1.807, 2.05) is 12.1 Å². The SMILES string of the molecule is CC1CCc2ccccc21.CC1COc2ccccc21. The van der Waals surface area contributed by atoms with Gasteiger partial charge >= 0.3 is 0 Å². The zero-order valence-corrected chi connectivity index (χ0v) is 12.3. The molecule has 1 heterocycles. The molecule has 1 aliphatic carbocycles. The van der Waals surface area contributed by atoms with Crippen molar-refractivity contribution in [1.82, 2.24) is 0 Å². The third-order valence-corrected chi connectivity index (χ3v) is 4.37. The zero-order valence-electron chi connectivity index (χ0n) is 12.3. The Labute approximate surface area is 121 Å². The molecule has 0 amide bonds. The Hall–Kier alpha value is -1.76. The number of fused-ring (bicyclic) bond motifs is 2. The Morgan fingerprint density at radius 1 is 0.850 bits per heavy atom. The molecule has 0 fully saturated rings. The Morgan fingerprint density at radius 3 is 2.30 bits per heavy atom. The van der Waals surface area contributed by atoms with Gasteiger partial charge in [0.25, 0.3) is 0 Å². The first-order valence-corrected chi connectivity index (χ1v) is 7.55. The molecule has 1 nitrogen and oxygen atoms in total. The molecule has 104 valence electrons. The van der Waals surface area contributed by atoms with E-state index in [9.17, 15) is 0 Å². The summed E-state index contributed by atoms with van der Waals surface area (Å²) in [5.74, 6) is 2.45. The Kier molecular flexibility index (Phi) is 3.77. The van der Waals surface area contributed by atoms with Crippen LogP contribution in [0.4, 0.5) is 0 Å². The molecule has 4 rings (SSSR count). The van der Waals surface area contributed by atoms with Gasteiger partial charge in [-0.25, -0.2) is 0 Å². The number of para-hydroxylation sites is 1. The third kappa shape index (κ3) is 2.58. The Morgan fingerprint density at radius 2 is 1.55 bits per heavy atom. The van der Waals surface area contributed by atoms with Gasteiger partial charge in [0.2, 0.25) is 0 Å². The van der Waals surface area contributed by atoms with Crippen molar-refractivity contribution in [2.75, 3.05) is 6.61 Å². The van der Waals surface area contributed by atoms with Gasteiger partial charge in [0.15, 0.2) is 0 Å². The minimum Gasteiger partial charge on any atom is -0.493 e. The lowest BCUT2D eigenvalue weighted by Gasteiger charge is -2.01. The summed E-state index contributed by atoms with van der Waals surface area (Å²) in [7, 11) is 0. The van der Waals surface area contributed by atoms with Crippen molar-refractivity contribution in [3.05, 3.63) is 65.2 Å². The van der Waals surface area contributed by atoms with Crippen LogP contribution in [0.2, 0.25) is 0 Å². The van der Waals surface area contributed by atoms with Crippen LogP contribution in [0.25, 0.3) is 0 Å². The molecular weight excluding hydrogens is 244 g/mol. The number of benzene rings is 2. The number of rotatable bonds is 0. The van der Waals surface area contributed by atoms with Gasteiger partial charge in [0, 0.05) is 11.5 Å². The highest BCUT2D eigenvalue weighted by Gasteiger charge is 2.18. The molecule has 1 heteroatoms. The maximum Gasteiger partial charge on any atom is 0.122 e. The molecule has 0 aromatic heterocycles. The van der Waals surface area contributed by atoms with Crippen LogP contribution in [0.5, 0.6) is 5.75 Å². The highest BCUT2D eigenvalue weighted by Crippen LogP contribution is 2.32. The minimum absolute atomic E-state index is 0.580. The Balaban J connectivity index is 0.000000121. The van der Waals surface area contributed by atoms with Crippen LogP contribution >= 0.6 is 0 Å². The molecule has 2 aliphatic rings. The summed E-state index contributed by atoms with van der Waals surface area (Å²) in [6.45, 7) is 5.34. The molecule has 1 aliphatic heterocycles. The van der Waals surface area contributed by atoms with Crippen LogP contribution in [0, 0.1) is 0 Å². The highest BCUT2D eigenvalue weighted by molar-refractivity contribution is 5.39. The van der Waals surface area contributed by atoms with Gasteiger partial charge in [-0.3, -0.25) is 0 Å². The fourth-order valence-corrected chi connectivity index (χ4v) is 3.09. The van der Waals surface area contributed by atoms with Crippen molar-refractivity contribution in [3.8, 4) is 5.75 Å². The second-order valence-corrected chi connectivity index (χ2v) is 5.89. The molecule has 0 N–H and O–H groups in total. The van der Waals surface area contributed by atoms with E-state index < -0.39 is 0 Å². The molecule has 2 unspecified atom stereocenters. The number of hydrogen-bond acceptors (Lipinski definition) is 1. The van der Waals surface area contributed by atoms with Gasteiger partial charge < -0.3 is 4.74 Å². The van der Waals surface area contributed by atoms with E-state index in [2.05, 4.69) is 50.2 Å². The lowest BCUT2D eigenvalue weighted by Crippen LogP contribution is -1.93. The normalized spacial score (nSPS) is 22.3. The van der Waals surface area contributed by atoms with E-state index in [4.69, 9.17) is 4.74 Å². The second kappa shape index (κ2) is 5.70. The van der Waals surface area contributed by atoms with Crippen molar-refractivity contribution < 1.29 is 4.74 Å². The third-order valence-electron chi connectivity index (χ3n) is 4.37. The summed E-state index contributed by atoms with van der Waals surface area (Å²) in [5, 5.41) is 0. The van der Waals surface area contributed by atoms with E-state index >= 15 is 0 Å². The molecule has 2 atom stereocenters. The van der Waals surface area contributed by atoms with Crippen LogP contribution in [0.3, 0.4) is 0 Å². The fourth-order valence-electron chi connectivity index (χ4n) is 3.09. The lowest BCUT2D eigenvalue weighted by molar-refractivity contribution is 0.337. The molecule has 2 aromatic rings. The first-order valence-electron chi connectivity index (χ1n) is 7.55. The van der Waals surface area contributed by atoms with Gasteiger partial charge in [-0.15, -0.1) is 0 Å². The molecule has 0 bridgehead atoms. The van der Waals surface area contributed by atoms with Crippen LogP contribution in [-0.4, -0.2) is 6.61 Å². The van der Waals surface area contributed by atoms with E-state index in [0.29, 0.717) is 5.92 Å². The second-order valence-electron chi connectivity index (χ2n) is 5.89. The summed E-state index contributed by atoms with van der Waals surface area (Å²) >= 11 is 0. The summed E-state index contributed by atoms with van der Waals surface area (Å²) < 4.78 is 5.41. The van der Waals surface area contributed by atoms with Crippen LogP contribution in [0.1, 0.15) is 48.8 Å². The van der Waals surface area contributed by atoms with Crippen LogP contribution in [0.15, 0.2) is 48.5 Å². The average Bonchev–Trinajstić information content (AvgIpc) is 3.05. The highest BCUT2D eigenvalue weighted by atomic mass is 16.5. The summed E-state index contributed by atoms with van der Waals surface area (Å²) in [4.78, 5) is 0. The maximum atomic E-state index is 5.41. The van der Waals surface area contributed by atoms with Gasteiger partial charge in [-0.1, -0.05) is 56.3 Å². The van der Waals surface area contributed by atoms with Crippen molar-refractivity contribution in [1.29, 1.82) is 0 Å². The van der Waals surface area contributed by atoms with E-state index in [1.165, 1.54) is 18.4 Å². The number of aryl methyl sites for hydroxylation is 1. The monoisotopic (exact) mass is 266 g/mol. The summed E-state index contributed by atoms with van der Waals surface area (Å²) in [6, 6.07) is 17.0. The largest absolute Gasteiger partial charge is 0.493 e. The summed E-state index contributed by atoms with van der Waals surface area (Å²) in [6.07, 6.45) is 2.64.